The molecule has 124 valence electrons. The summed E-state index contributed by atoms with van der Waals surface area (Å²) in [6.07, 6.45) is 2.78. The van der Waals surface area contributed by atoms with Crippen molar-refractivity contribution in [1.82, 2.24) is 0 Å². The molecule has 0 amide bonds. The Labute approximate surface area is 155 Å². The molecule has 0 heterocycles. The summed E-state index contributed by atoms with van der Waals surface area (Å²) in [5.41, 5.74) is 2.82. The van der Waals surface area contributed by atoms with Crippen LogP contribution in [0.4, 0.5) is 0 Å². The maximum atomic E-state index is 12.3. The molecule has 0 saturated carbocycles. The van der Waals surface area contributed by atoms with Gasteiger partial charge < -0.3 is 4.74 Å². The monoisotopic (exact) mass is 392 g/mol. The van der Waals surface area contributed by atoms with E-state index in [1.807, 2.05) is 84.9 Å². The molecular formula is C22H17BrO2. The number of benzene rings is 3. The Morgan fingerprint density at radius 1 is 0.800 bits per heavy atom. The van der Waals surface area contributed by atoms with Crippen molar-refractivity contribution < 1.29 is 9.53 Å². The Kier molecular flexibility index (Phi) is 5.81. The van der Waals surface area contributed by atoms with Gasteiger partial charge in [-0.1, -0.05) is 88.7 Å². The summed E-state index contributed by atoms with van der Waals surface area (Å²) in [5.74, 6) is -0.374. The highest BCUT2D eigenvalue weighted by molar-refractivity contribution is 9.10. The van der Waals surface area contributed by atoms with E-state index >= 15 is 0 Å². The summed E-state index contributed by atoms with van der Waals surface area (Å²) in [7, 11) is 0. The molecular weight excluding hydrogens is 376 g/mol. The number of halogens is 1. The van der Waals surface area contributed by atoms with E-state index in [2.05, 4.69) is 15.9 Å². The molecule has 0 aromatic heterocycles. The molecule has 3 aromatic rings. The van der Waals surface area contributed by atoms with Crippen LogP contribution in [0.5, 0.6) is 0 Å². The predicted octanol–water partition coefficient (Wildman–Crippen LogP) is 5.80. The fraction of sp³-hybridized carbons (Fsp3) is 0.0455. The van der Waals surface area contributed by atoms with Crippen LogP contribution in [0, 0.1) is 0 Å². The maximum Gasteiger partial charge on any atom is 0.331 e. The van der Waals surface area contributed by atoms with Crippen LogP contribution < -0.4 is 0 Å². The van der Waals surface area contributed by atoms with Gasteiger partial charge in [-0.05, 0) is 34.9 Å². The van der Waals surface area contributed by atoms with Crippen molar-refractivity contribution in [2.45, 2.75) is 6.10 Å². The van der Waals surface area contributed by atoms with Gasteiger partial charge in [0.15, 0.2) is 6.10 Å². The van der Waals surface area contributed by atoms with Gasteiger partial charge in [-0.3, -0.25) is 0 Å². The van der Waals surface area contributed by atoms with Crippen LogP contribution in [0.1, 0.15) is 22.8 Å². The van der Waals surface area contributed by atoms with Crippen molar-refractivity contribution in [3.05, 3.63) is 112 Å². The van der Waals surface area contributed by atoms with Crippen molar-refractivity contribution in [1.29, 1.82) is 0 Å². The first-order chi connectivity index (χ1) is 12.2. The van der Waals surface area contributed by atoms with Crippen LogP contribution in [0.2, 0.25) is 0 Å². The van der Waals surface area contributed by atoms with E-state index in [0.717, 1.165) is 21.2 Å². The molecule has 25 heavy (non-hydrogen) atoms. The first kappa shape index (κ1) is 17.2. The molecule has 0 unspecified atom stereocenters. The average Bonchev–Trinajstić information content (AvgIpc) is 2.67. The third-order valence-electron chi connectivity index (χ3n) is 3.72. The summed E-state index contributed by atoms with van der Waals surface area (Å²) in [4.78, 5) is 12.3. The smallest absolute Gasteiger partial charge is 0.331 e. The third-order valence-corrected chi connectivity index (χ3v) is 4.25. The minimum Gasteiger partial charge on any atom is -0.449 e. The Morgan fingerprint density at radius 2 is 1.36 bits per heavy atom. The lowest BCUT2D eigenvalue weighted by Gasteiger charge is -2.18. The van der Waals surface area contributed by atoms with E-state index in [-0.39, 0.29) is 5.97 Å². The molecule has 0 aliphatic heterocycles. The lowest BCUT2D eigenvalue weighted by atomic mass is 10.0. The van der Waals surface area contributed by atoms with Crippen LogP contribution in [-0.4, -0.2) is 5.97 Å². The molecule has 3 aromatic carbocycles. The minimum absolute atomic E-state index is 0.374. The molecule has 3 rings (SSSR count). The highest BCUT2D eigenvalue weighted by Crippen LogP contribution is 2.27. The summed E-state index contributed by atoms with van der Waals surface area (Å²) in [6.45, 7) is 0. The van der Waals surface area contributed by atoms with Gasteiger partial charge >= 0.3 is 5.97 Å². The largest absolute Gasteiger partial charge is 0.449 e. The molecule has 0 saturated heterocycles. The molecule has 0 fully saturated rings. The van der Waals surface area contributed by atoms with Gasteiger partial charge in [0.25, 0.3) is 0 Å². The van der Waals surface area contributed by atoms with Gasteiger partial charge in [-0.25, -0.2) is 4.79 Å². The van der Waals surface area contributed by atoms with Gasteiger partial charge in [0.05, 0.1) is 0 Å². The second-order valence-corrected chi connectivity index (χ2v) is 6.44. The lowest BCUT2D eigenvalue weighted by molar-refractivity contribution is -0.141. The SMILES string of the molecule is O=C(/C=C\c1ccccc1)O[C@H](c1ccccc1)c1ccc(Br)cc1. The van der Waals surface area contributed by atoms with Gasteiger partial charge in [0.2, 0.25) is 0 Å². The van der Waals surface area contributed by atoms with E-state index in [0.29, 0.717) is 0 Å². The summed E-state index contributed by atoms with van der Waals surface area (Å²) in [5, 5.41) is 0. The fourth-order valence-electron chi connectivity index (χ4n) is 2.48. The van der Waals surface area contributed by atoms with Crippen molar-refractivity contribution in [3.8, 4) is 0 Å². The zero-order chi connectivity index (χ0) is 17.5. The topological polar surface area (TPSA) is 26.3 Å². The van der Waals surface area contributed by atoms with Gasteiger partial charge in [0.1, 0.15) is 0 Å². The number of carbonyl (C=O) groups excluding carboxylic acids is 1. The standard InChI is InChI=1S/C22H17BrO2/c23-20-14-12-19(13-15-20)22(18-9-5-2-6-10-18)25-21(24)16-11-17-7-3-1-4-8-17/h1-16,22H/b16-11-/t22-/m1/s1. The first-order valence-electron chi connectivity index (χ1n) is 7.96. The summed E-state index contributed by atoms with van der Waals surface area (Å²) in [6, 6.07) is 27.2. The second kappa shape index (κ2) is 8.45. The molecule has 0 bridgehead atoms. The maximum absolute atomic E-state index is 12.3. The Hall–Kier alpha value is -2.65. The first-order valence-corrected chi connectivity index (χ1v) is 8.76. The fourth-order valence-corrected chi connectivity index (χ4v) is 2.74. The Balaban J connectivity index is 1.81. The highest BCUT2D eigenvalue weighted by Gasteiger charge is 2.17. The third kappa shape index (κ3) is 4.91. The van der Waals surface area contributed by atoms with E-state index in [9.17, 15) is 4.79 Å². The van der Waals surface area contributed by atoms with Crippen LogP contribution in [0.15, 0.2) is 95.5 Å². The van der Waals surface area contributed by atoms with E-state index in [1.54, 1.807) is 6.08 Å². The number of carbonyl (C=O) groups is 1. The molecule has 0 aliphatic carbocycles. The Morgan fingerprint density at radius 3 is 2.00 bits per heavy atom. The summed E-state index contributed by atoms with van der Waals surface area (Å²) < 4.78 is 6.73. The van der Waals surface area contributed by atoms with E-state index in [1.165, 1.54) is 6.08 Å². The predicted molar refractivity (Wildman–Crippen MR) is 104 cm³/mol. The molecule has 1 atom stereocenters. The number of rotatable bonds is 5. The van der Waals surface area contributed by atoms with Crippen molar-refractivity contribution in [2.75, 3.05) is 0 Å². The zero-order valence-electron chi connectivity index (χ0n) is 13.5. The average molecular weight is 393 g/mol. The number of ether oxygens (including phenoxy) is 1. The van der Waals surface area contributed by atoms with Crippen molar-refractivity contribution in [3.63, 3.8) is 0 Å². The zero-order valence-corrected chi connectivity index (χ0v) is 15.1. The van der Waals surface area contributed by atoms with Gasteiger partial charge in [-0.15, -0.1) is 0 Å². The molecule has 0 N–H and O–H groups in total. The quantitative estimate of drug-likeness (QED) is 0.405. The summed E-state index contributed by atoms with van der Waals surface area (Å²) >= 11 is 3.43. The molecule has 2 nitrogen and oxygen atoms in total. The van der Waals surface area contributed by atoms with Crippen LogP contribution >= 0.6 is 15.9 Å². The van der Waals surface area contributed by atoms with E-state index in [4.69, 9.17) is 4.74 Å². The normalized spacial score (nSPS) is 12.0. The highest BCUT2D eigenvalue weighted by atomic mass is 79.9. The second-order valence-electron chi connectivity index (χ2n) is 5.52. The van der Waals surface area contributed by atoms with Crippen LogP contribution in [0.25, 0.3) is 6.08 Å². The van der Waals surface area contributed by atoms with Crippen molar-refractivity contribution >= 4 is 28.0 Å². The van der Waals surface area contributed by atoms with Crippen molar-refractivity contribution in [2.24, 2.45) is 0 Å². The number of esters is 1. The van der Waals surface area contributed by atoms with E-state index < -0.39 is 6.10 Å². The minimum atomic E-state index is -0.442. The molecule has 3 heteroatoms. The molecule has 0 aliphatic rings. The van der Waals surface area contributed by atoms with Crippen LogP contribution in [0.3, 0.4) is 0 Å². The van der Waals surface area contributed by atoms with Gasteiger partial charge in [0, 0.05) is 10.5 Å². The van der Waals surface area contributed by atoms with Gasteiger partial charge in [-0.2, -0.15) is 0 Å². The number of hydrogen-bond acceptors (Lipinski definition) is 2. The van der Waals surface area contributed by atoms with Crippen LogP contribution in [-0.2, 0) is 9.53 Å². The molecule has 0 radical (unpaired) electrons. The lowest BCUT2D eigenvalue weighted by Crippen LogP contribution is -2.10. The molecule has 0 spiro atoms. The Bertz CT molecular complexity index is 840. The number of hydrogen-bond donors (Lipinski definition) is 0.